The van der Waals surface area contributed by atoms with Crippen LogP contribution in [0.25, 0.3) is 0 Å². The predicted molar refractivity (Wildman–Crippen MR) is 92.6 cm³/mol. The van der Waals surface area contributed by atoms with Crippen LogP contribution < -0.4 is 10.1 Å². The zero-order valence-corrected chi connectivity index (χ0v) is 14.2. The Hall–Kier alpha value is -2.94. The summed E-state index contributed by atoms with van der Waals surface area (Å²) in [7, 11) is 1.58. The first-order valence-electron chi connectivity index (χ1n) is 7.94. The fraction of sp³-hybridized carbons (Fsp3) is 0.250. The average molecular weight is 361 g/mol. The van der Waals surface area contributed by atoms with Gasteiger partial charge in [0.05, 0.1) is 19.2 Å². The van der Waals surface area contributed by atoms with Crippen LogP contribution in [0.4, 0.5) is 13.2 Å². The number of rotatable bonds is 5. The normalized spacial score (nSPS) is 10.6. The second kappa shape index (κ2) is 8.95. The van der Waals surface area contributed by atoms with Gasteiger partial charge in [-0.3, -0.25) is 4.79 Å². The van der Waals surface area contributed by atoms with Crippen LogP contribution in [0.5, 0.6) is 5.75 Å². The highest BCUT2D eigenvalue weighted by Crippen LogP contribution is 2.29. The van der Waals surface area contributed by atoms with Gasteiger partial charge in [0.2, 0.25) is 5.91 Å². The standard InChI is InChI=1S/C20H18F3NO2/c1-26-18-9-3-6-16(14-18)10-11-19(25)24-12-4-7-15-5-2-8-17(13-15)20(21,22)23/h2-3,5-6,8-9,13-14H,10-12H2,1H3,(H,24,25). The minimum atomic E-state index is -4.40. The third-order valence-corrected chi connectivity index (χ3v) is 3.57. The van der Waals surface area contributed by atoms with E-state index in [0.717, 1.165) is 23.4 Å². The number of ether oxygens (including phenoxy) is 1. The molecule has 1 N–H and O–H groups in total. The van der Waals surface area contributed by atoms with E-state index in [2.05, 4.69) is 17.2 Å². The molecule has 0 spiro atoms. The van der Waals surface area contributed by atoms with Gasteiger partial charge in [-0.1, -0.05) is 30.0 Å². The summed E-state index contributed by atoms with van der Waals surface area (Å²) in [4.78, 5) is 11.8. The molecule has 0 bridgehead atoms. The minimum Gasteiger partial charge on any atom is -0.497 e. The molecule has 0 saturated heterocycles. The Morgan fingerprint density at radius 2 is 1.92 bits per heavy atom. The summed E-state index contributed by atoms with van der Waals surface area (Å²) < 4.78 is 43.0. The Labute approximate surface area is 150 Å². The van der Waals surface area contributed by atoms with Crippen molar-refractivity contribution < 1.29 is 22.7 Å². The molecule has 6 heteroatoms. The van der Waals surface area contributed by atoms with Crippen molar-refractivity contribution in [3.8, 4) is 17.6 Å². The van der Waals surface area contributed by atoms with Crippen LogP contribution >= 0.6 is 0 Å². The van der Waals surface area contributed by atoms with Crippen molar-refractivity contribution in [2.24, 2.45) is 0 Å². The Kier molecular flexibility index (Phi) is 6.67. The third-order valence-electron chi connectivity index (χ3n) is 3.57. The lowest BCUT2D eigenvalue weighted by Gasteiger charge is -2.06. The molecule has 26 heavy (non-hydrogen) atoms. The van der Waals surface area contributed by atoms with E-state index in [1.54, 1.807) is 7.11 Å². The molecule has 0 aliphatic heterocycles. The molecule has 0 saturated carbocycles. The van der Waals surface area contributed by atoms with Crippen LogP contribution in [0.2, 0.25) is 0 Å². The number of alkyl halides is 3. The largest absolute Gasteiger partial charge is 0.497 e. The number of hydrogen-bond acceptors (Lipinski definition) is 2. The van der Waals surface area contributed by atoms with Crippen molar-refractivity contribution in [2.75, 3.05) is 13.7 Å². The fourth-order valence-electron chi connectivity index (χ4n) is 2.24. The molecule has 0 aliphatic carbocycles. The van der Waals surface area contributed by atoms with E-state index in [1.165, 1.54) is 12.1 Å². The van der Waals surface area contributed by atoms with Crippen molar-refractivity contribution in [3.05, 3.63) is 65.2 Å². The SMILES string of the molecule is COc1cccc(CCC(=O)NCC#Cc2cccc(C(F)(F)F)c2)c1. The number of nitrogens with one attached hydrogen (secondary N) is 1. The topological polar surface area (TPSA) is 38.3 Å². The zero-order chi connectivity index (χ0) is 19.0. The molecule has 1 amide bonds. The molecule has 3 nitrogen and oxygen atoms in total. The minimum absolute atomic E-state index is 0.0766. The van der Waals surface area contributed by atoms with Gasteiger partial charge in [0.25, 0.3) is 0 Å². The van der Waals surface area contributed by atoms with Gasteiger partial charge in [-0.15, -0.1) is 0 Å². The van der Waals surface area contributed by atoms with Gasteiger partial charge in [-0.25, -0.2) is 0 Å². The quantitative estimate of drug-likeness (QED) is 0.823. The van der Waals surface area contributed by atoms with Crippen LogP contribution in [0.3, 0.4) is 0 Å². The van der Waals surface area contributed by atoms with E-state index >= 15 is 0 Å². The average Bonchev–Trinajstić information content (AvgIpc) is 2.63. The molecular weight excluding hydrogens is 343 g/mol. The van der Waals surface area contributed by atoms with Crippen molar-refractivity contribution in [3.63, 3.8) is 0 Å². The molecule has 0 fully saturated rings. The number of carbonyl (C=O) groups is 1. The monoisotopic (exact) mass is 361 g/mol. The summed E-state index contributed by atoms with van der Waals surface area (Å²) in [6, 6.07) is 12.2. The van der Waals surface area contributed by atoms with Crippen LogP contribution in [0.1, 0.15) is 23.1 Å². The van der Waals surface area contributed by atoms with Gasteiger partial charge >= 0.3 is 6.18 Å². The molecule has 2 aromatic rings. The van der Waals surface area contributed by atoms with Gasteiger partial charge in [0.1, 0.15) is 5.75 Å². The molecule has 2 aromatic carbocycles. The van der Waals surface area contributed by atoms with Gasteiger partial charge < -0.3 is 10.1 Å². The maximum Gasteiger partial charge on any atom is 0.416 e. The van der Waals surface area contributed by atoms with E-state index in [0.29, 0.717) is 12.8 Å². The first kappa shape index (κ1) is 19.4. The molecule has 0 heterocycles. The van der Waals surface area contributed by atoms with Crippen molar-refractivity contribution in [1.82, 2.24) is 5.32 Å². The number of methoxy groups -OCH3 is 1. The number of halogens is 3. The van der Waals surface area contributed by atoms with Gasteiger partial charge in [0, 0.05) is 12.0 Å². The predicted octanol–water partition coefficient (Wildman–Crippen LogP) is 3.81. The van der Waals surface area contributed by atoms with Gasteiger partial charge in [0.15, 0.2) is 0 Å². The highest BCUT2D eigenvalue weighted by molar-refractivity contribution is 5.76. The summed E-state index contributed by atoms with van der Waals surface area (Å²) >= 11 is 0. The second-order valence-corrected chi connectivity index (χ2v) is 5.51. The molecule has 0 atom stereocenters. The number of carbonyl (C=O) groups excluding carboxylic acids is 1. The van der Waals surface area contributed by atoms with Crippen LogP contribution in [-0.4, -0.2) is 19.6 Å². The highest BCUT2D eigenvalue weighted by Gasteiger charge is 2.30. The number of hydrogen-bond donors (Lipinski definition) is 1. The van der Waals surface area contributed by atoms with E-state index in [-0.39, 0.29) is 18.0 Å². The lowest BCUT2D eigenvalue weighted by Crippen LogP contribution is -2.23. The van der Waals surface area contributed by atoms with E-state index in [9.17, 15) is 18.0 Å². The first-order valence-corrected chi connectivity index (χ1v) is 7.94. The Morgan fingerprint density at radius 1 is 1.15 bits per heavy atom. The van der Waals surface area contributed by atoms with E-state index in [4.69, 9.17) is 4.74 Å². The van der Waals surface area contributed by atoms with Crippen molar-refractivity contribution in [2.45, 2.75) is 19.0 Å². The van der Waals surface area contributed by atoms with Crippen LogP contribution in [0.15, 0.2) is 48.5 Å². The molecule has 136 valence electrons. The zero-order valence-electron chi connectivity index (χ0n) is 14.2. The first-order chi connectivity index (χ1) is 12.4. The fourth-order valence-corrected chi connectivity index (χ4v) is 2.24. The van der Waals surface area contributed by atoms with Crippen molar-refractivity contribution in [1.29, 1.82) is 0 Å². The summed E-state index contributed by atoms with van der Waals surface area (Å²) in [6.07, 6.45) is -3.55. The summed E-state index contributed by atoms with van der Waals surface area (Å²) in [5.41, 5.74) is 0.492. The number of benzene rings is 2. The molecule has 0 unspecified atom stereocenters. The summed E-state index contributed by atoms with van der Waals surface area (Å²) in [6.45, 7) is 0.0766. The highest BCUT2D eigenvalue weighted by atomic mass is 19.4. The Bertz CT molecular complexity index is 820. The molecular formula is C20H18F3NO2. The molecule has 0 radical (unpaired) electrons. The second-order valence-electron chi connectivity index (χ2n) is 5.51. The Balaban J connectivity index is 1.81. The lowest BCUT2D eigenvalue weighted by molar-refractivity contribution is -0.137. The molecule has 0 aromatic heterocycles. The molecule has 0 aliphatic rings. The number of aryl methyl sites for hydroxylation is 1. The van der Waals surface area contributed by atoms with Crippen molar-refractivity contribution >= 4 is 5.91 Å². The van der Waals surface area contributed by atoms with Gasteiger partial charge in [-0.05, 0) is 42.3 Å². The van der Waals surface area contributed by atoms with Crippen LogP contribution in [-0.2, 0) is 17.4 Å². The lowest BCUT2D eigenvalue weighted by atomic mass is 10.1. The van der Waals surface area contributed by atoms with Crippen LogP contribution in [0, 0.1) is 11.8 Å². The Morgan fingerprint density at radius 3 is 2.65 bits per heavy atom. The third kappa shape index (κ3) is 6.17. The maximum atomic E-state index is 12.6. The molecule has 2 rings (SSSR count). The van der Waals surface area contributed by atoms with E-state index in [1.807, 2.05) is 24.3 Å². The van der Waals surface area contributed by atoms with E-state index < -0.39 is 11.7 Å². The maximum absolute atomic E-state index is 12.6. The number of amides is 1. The van der Waals surface area contributed by atoms with Gasteiger partial charge in [-0.2, -0.15) is 13.2 Å². The summed E-state index contributed by atoms with van der Waals surface area (Å²) in [5.74, 6) is 5.84. The smallest absolute Gasteiger partial charge is 0.416 e. The summed E-state index contributed by atoms with van der Waals surface area (Å²) in [5, 5.41) is 2.63.